The fourth-order valence-corrected chi connectivity index (χ4v) is 3.65. The SMILES string of the molecule is S=C(Nc1ccn(Cc2cccc3ccccc23)n1)Nc1ccc(Cl)cc1Cl. The van der Waals surface area contributed by atoms with Gasteiger partial charge in [-0.2, -0.15) is 5.10 Å². The van der Waals surface area contributed by atoms with Gasteiger partial charge in [0.25, 0.3) is 0 Å². The van der Waals surface area contributed by atoms with Gasteiger partial charge in [-0.05, 0) is 46.8 Å². The lowest BCUT2D eigenvalue weighted by molar-refractivity contribution is 0.693. The van der Waals surface area contributed by atoms with Crippen molar-refractivity contribution in [1.82, 2.24) is 9.78 Å². The zero-order chi connectivity index (χ0) is 19.5. The van der Waals surface area contributed by atoms with Crippen molar-refractivity contribution < 1.29 is 0 Å². The van der Waals surface area contributed by atoms with Crippen molar-refractivity contribution in [1.29, 1.82) is 0 Å². The van der Waals surface area contributed by atoms with Crippen LogP contribution < -0.4 is 10.6 Å². The van der Waals surface area contributed by atoms with Crippen molar-refractivity contribution >= 4 is 62.8 Å². The molecule has 0 aliphatic carbocycles. The molecular weight excluding hydrogens is 411 g/mol. The molecule has 0 aliphatic rings. The van der Waals surface area contributed by atoms with Crippen molar-refractivity contribution in [3.8, 4) is 0 Å². The van der Waals surface area contributed by atoms with E-state index < -0.39 is 0 Å². The smallest absolute Gasteiger partial charge is 0.176 e. The number of thiocarbonyl (C=S) groups is 1. The van der Waals surface area contributed by atoms with Gasteiger partial charge >= 0.3 is 0 Å². The van der Waals surface area contributed by atoms with E-state index in [1.165, 1.54) is 16.3 Å². The third-order valence-corrected chi connectivity index (χ3v) is 5.03. The molecule has 28 heavy (non-hydrogen) atoms. The van der Waals surface area contributed by atoms with Crippen molar-refractivity contribution in [2.24, 2.45) is 0 Å². The molecule has 0 aliphatic heterocycles. The van der Waals surface area contributed by atoms with Crippen LogP contribution in [-0.2, 0) is 6.54 Å². The van der Waals surface area contributed by atoms with E-state index in [4.69, 9.17) is 35.4 Å². The summed E-state index contributed by atoms with van der Waals surface area (Å²) in [6.07, 6.45) is 1.92. The van der Waals surface area contributed by atoms with Gasteiger partial charge in [-0.1, -0.05) is 65.7 Å². The largest absolute Gasteiger partial charge is 0.331 e. The topological polar surface area (TPSA) is 41.9 Å². The highest BCUT2D eigenvalue weighted by Gasteiger charge is 2.07. The van der Waals surface area contributed by atoms with Crippen molar-refractivity contribution in [2.45, 2.75) is 6.54 Å². The van der Waals surface area contributed by atoms with Crippen LogP contribution in [0.3, 0.4) is 0 Å². The Bertz CT molecular complexity index is 1150. The summed E-state index contributed by atoms with van der Waals surface area (Å²) in [6.45, 7) is 0.673. The average Bonchev–Trinajstić information content (AvgIpc) is 3.11. The number of benzene rings is 3. The molecule has 0 atom stereocenters. The zero-order valence-electron chi connectivity index (χ0n) is 14.7. The highest BCUT2D eigenvalue weighted by atomic mass is 35.5. The molecule has 4 rings (SSSR count). The first-order valence-corrected chi connectivity index (χ1v) is 9.78. The predicted molar refractivity (Wildman–Crippen MR) is 122 cm³/mol. The summed E-state index contributed by atoms with van der Waals surface area (Å²) in [5.74, 6) is 0.655. The third kappa shape index (κ3) is 4.28. The van der Waals surface area contributed by atoms with Crippen LogP contribution in [0.25, 0.3) is 10.8 Å². The molecule has 0 amide bonds. The highest BCUT2D eigenvalue weighted by Crippen LogP contribution is 2.25. The van der Waals surface area contributed by atoms with Gasteiger partial charge in [-0.25, -0.2) is 0 Å². The number of nitrogens with one attached hydrogen (secondary N) is 2. The van der Waals surface area contributed by atoms with Crippen molar-refractivity contribution in [2.75, 3.05) is 10.6 Å². The maximum absolute atomic E-state index is 6.16. The Morgan fingerprint density at radius 1 is 0.964 bits per heavy atom. The minimum absolute atomic E-state index is 0.402. The normalized spacial score (nSPS) is 10.8. The van der Waals surface area contributed by atoms with E-state index in [-0.39, 0.29) is 0 Å². The van der Waals surface area contributed by atoms with E-state index in [0.717, 1.165) is 0 Å². The molecule has 0 bridgehead atoms. The molecule has 0 fully saturated rings. The molecule has 4 aromatic rings. The number of halogens is 2. The summed E-state index contributed by atoms with van der Waals surface area (Å²) < 4.78 is 1.88. The first-order chi connectivity index (χ1) is 13.6. The number of aromatic nitrogens is 2. The Kier molecular flexibility index (Phi) is 5.48. The van der Waals surface area contributed by atoms with E-state index in [0.29, 0.717) is 33.2 Å². The molecule has 0 saturated carbocycles. The Balaban J connectivity index is 1.45. The molecule has 3 aromatic carbocycles. The monoisotopic (exact) mass is 426 g/mol. The zero-order valence-corrected chi connectivity index (χ0v) is 17.0. The van der Waals surface area contributed by atoms with Gasteiger partial charge in [0.1, 0.15) is 0 Å². The van der Waals surface area contributed by atoms with Crippen LogP contribution in [0.4, 0.5) is 11.5 Å². The van der Waals surface area contributed by atoms with Crippen LogP contribution in [0.15, 0.2) is 72.9 Å². The second-order valence-corrected chi connectivity index (χ2v) is 7.49. The van der Waals surface area contributed by atoms with E-state index in [2.05, 4.69) is 46.1 Å². The molecule has 0 spiro atoms. The maximum Gasteiger partial charge on any atom is 0.176 e. The van der Waals surface area contributed by atoms with E-state index in [1.54, 1.807) is 18.2 Å². The molecule has 1 heterocycles. The molecule has 0 unspecified atom stereocenters. The lowest BCUT2D eigenvalue weighted by Gasteiger charge is -2.10. The first kappa shape index (κ1) is 18.7. The average molecular weight is 427 g/mol. The maximum atomic E-state index is 6.16. The lowest BCUT2D eigenvalue weighted by Crippen LogP contribution is -2.19. The predicted octanol–water partition coefficient (Wildman–Crippen LogP) is 6.20. The van der Waals surface area contributed by atoms with Crippen molar-refractivity contribution in [3.63, 3.8) is 0 Å². The Morgan fingerprint density at radius 2 is 1.79 bits per heavy atom. The standard InChI is InChI=1S/C21H16Cl2N4S/c22-16-8-9-19(18(23)12-16)24-21(28)25-20-10-11-27(26-20)13-15-6-3-5-14-4-1-2-7-17(14)15/h1-12H,13H2,(H2,24,25,26,28). The Morgan fingerprint density at radius 3 is 2.64 bits per heavy atom. The minimum Gasteiger partial charge on any atom is -0.331 e. The van der Waals surface area contributed by atoms with Gasteiger partial charge in [-0.3, -0.25) is 4.68 Å². The van der Waals surface area contributed by atoms with Gasteiger partial charge in [0.15, 0.2) is 10.9 Å². The van der Waals surface area contributed by atoms with Crippen LogP contribution in [-0.4, -0.2) is 14.9 Å². The van der Waals surface area contributed by atoms with Crippen LogP contribution in [0.5, 0.6) is 0 Å². The number of rotatable bonds is 4. The highest BCUT2D eigenvalue weighted by molar-refractivity contribution is 7.80. The molecule has 2 N–H and O–H groups in total. The molecule has 7 heteroatoms. The molecular formula is C21H16Cl2N4S. The fraction of sp³-hybridized carbons (Fsp3) is 0.0476. The number of fused-ring (bicyclic) bond motifs is 1. The van der Waals surface area contributed by atoms with E-state index in [1.807, 2.05) is 29.1 Å². The molecule has 0 radical (unpaired) electrons. The number of hydrogen-bond donors (Lipinski definition) is 2. The summed E-state index contributed by atoms with van der Waals surface area (Å²) in [6, 6.07) is 21.7. The molecule has 140 valence electrons. The molecule has 4 nitrogen and oxygen atoms in total. The molecule has 1 aromatic heterocycles. The van der Waals surface area contributed by atoms with Gasteiger partial charge in [-0.15, -0.1) is 0 Å². The van der Waals surface area contributed by atoms with Crippen LogP contribution >= 0.6 is 35.4 Å². The Hall–Kier alpha value is -2.60. The third-order valence-electron chi connectivity index (χ3n) is 4.27. The van der Waals surface area contributed by atoms with Gasteiger partial charge < -0.3 is 10.6 Å². The lowest BCUT2D eigenvalue weighted by atomic mass is 10.0. The molecule has 0 saturated heterocycles. The van der Waals surface area contributed by atoms with Crippen LogP contribution in [0, 0.1) is 0 Å². The van der Waals surface area contributed by atoms with Crippen LogP contribution in [0.2, 0.25) is 10.0 Å². The summed E-state index contributed by atoms with van der Waals surface area (Å²) >= 11 is 17.4. The van der Waals surface area contributed by atoms with Crippen molar-refractivity contribution in [3.05, 3.63) is 88.5 Å². The first-order valence-electron chi connectivity index (χ1n) is 8.62. The fourth-order valence-electron chi connectivity index (χ4n) is 2.98. The number of nitrogens with zero attached hydrogens (tertiary/aromatic N) is 2. The Labute approximate surface area is 178 Å². The van der Waals surface area contributed by atoms with Gasteiger partial charge in [0.05, 0.1) is 17.3 Å². The second kappa shape index (κ2) is 8.19. The number of anilines is 2. The summed E-state index contributed by atoms with van der Waals surface area (Å²) in [4.78, 5) is 0. The quantitative estimate of drug-likeness (QED) is 0.381. The van der Waals surface area contributed by atoms with E-state index >= 15 is 0 Å². The van der Waals surface area contributed by atoms with Crippen LogP contribution in [0.1, 0.15) is 5.56 Å². The summed E-state index contributed by atoms with van der Waals surface area (Å²) in [5, 5.41) is 14.6. The van der Waals surface area contributed by atoms with Gasteiger partial charge in [0.2, 0.25) is 0 Å². The summed E-state index contributed by atoms with van der Waals surface area (Å²) in [7, 11) is 0. The number of hydrogen-bond acceptors (Lipinski definition) is 2. The second-order valence-electron chi connectivity index (χ2n) is 6.24. The summed E-state index contributed by atoms with van der Waals surface area (Å²) in [5.41, 5.74) is 1.89. The van der Waals surface area contributed by atoms with Gasteiger partial charge in [0, 0.05) is 17.3 Å². The minimum atomic E-state index is 0.402. The van der Waals surface area contributed by atoms with E-state index in [9.17, 15) is 0 Å².